The number of hydrogen-bond acceptors (Lipinski definition) is 3. The summed E-state index contributed by atoms with van der Waals surface area (Å²) in [4.78, 5) is 23.0. The second-order valence-electron chi connectivity index (χ2n) is 7.16. The van der Waals surface area contributed by atoms with Crippen molar-refractivity contribution in [1.82, 2.24) is 0 Å². The van der Waals surface area contributed by atoms with Gasteiger partial charge in [-0.3, -0.25) is 9.59 Å². The fraction of sp³-hybridized carbons (Fsp3) is 0.895. The number of quaternary nitrogens is 1. The minimum atomic E-state index is -2.31. The third-order valence-corrected chi connectivity index (χ3v) is 3.84. The van der Waals surface area contributed by atoms with E-state index in [1.807, 2.05) is 0 Å². The molecule has 5 nitrogen and oxygen atoms in total. The van der Waals surface area contributed by atoms with E-state index >= 15 is 0 Å². The first-order valence-electron chi connectivity index (χ1n) is 10.7. The minimum Gasteiger partial charge on any atom is -0.481 e. The van der Waals surface area contributed by atoms with Crippen molar-refractivity contribution >= 4 is 11.9 Å². The average Bonchev–Trinajstić information content (AvgIpc) is 2.51. The minimum absolute atomic E-state index is 0.0632. The van der Waals surface area contributed by atoms with E-state index in [2.05, 4.69) is 6.92 Å². The number of carboxylic acid groups (broad SMARTS) is 1. The quantitative estimate of drug-likeness (QED) is 0.276. The summed E-state index contributed by atoms with van der Waals surface area (Å²) in [6.07, 6.45) is 9.16. The number of carboxylic acids is 1. The maximum absolute atomic E-state index is 12.0. The zero-order chi connectivity index (χ0) is 20.9. The van der Waals surface area contributed by atoms with Crippen LogP contribution in [0.3, 0.4) is 0 Å². The van der Waals surface area contributed by atoms with Gasteiger partial charge in [-0.2, -0.15) is 0 Å². The molecule has 0 saturated carbocycles. The van der Waals surface area contributed by atoms with Crippen LogP contribution in [0.2, 0.25) is 0 Å². The zero-order valence-electron chi connectivity index (χ0n) is 18.7. The highest BCUT2D eigenvalue weighted by Gasteiger charge is 2.24. The summed E-state index contributed by atoms with van der Waals surface area (Å²) in [6, 6.07) is 0. The lowest BCUT2D eigenvalue weighted by Gasteiger charge is -2.28. The van der Waals surface area contributed by atoms with Crippen LogP contribution in [0.5, 0.6) is 0 Å². The predicted molar refractivity (Wildman–Crippen MR) is 96.9 cm³/mol. The molecule has 0 rings (SSSR count). The van der Waals surface area contributed by atoms with Crippen LogP contribution < -0.4 is 0 Å². The van der Waals surface area contributed by atoms with Crippen molar-refractivity contribution in [2.24, 2.45) is 0 Å². The summed E-state index contributed by atoms with van der Waals surface area (Å²) in [5, 5.41) is 9.01. The molecular formula is C19H38NO4+. The largest absolute Gasteiger partial charge is 0.481 e. The van der Waals surface area contributed by atoms with E-state index < -0.39 is 29.5 Å². The summed E-state index contributed by atoms with van der Waals surface area (Å²) in [7, 11) is 2.96. The molecule has 0 fully saturated rings. The molecule has 0 aliphatic carbocycles. The molecule has 0 aromatic carbocycles. The van der Waals surface area contributed by atoms with Crippen molar-refractivity contribution in [2.75, 3.05) is 27.6 Å². The van der Waals surface area contributed by atoms with E-state index in [-0.39, 0.29) is 19.4 Å². The van der Waals surface area contributed by atoms with Crippen LogP contribution in [0, 0.1) is 0 Å². The molecule has 0 unspecified atom stereocenters. The molecule has 5 heteroatoms. The summed E-state index contributed by atoms with van der Waals surface area (Å²) < 4.78 is 27.5. The zero-order valence-corrected chi connectivity index (χ0v) is 15.7. The predicted octanol–water partition coefficient (Wildman–Crippen LogP) is 4.00. The molecule has 0 heterocycles. The smallest absolute Gasteiger partial charge is 0.307 e. The van der Waals surface area contributed by atoms with Gasteiger partial charge in [-0.25, -0.2) is 0 Å². The SMILES string of the molecule is [2H]C([2H])([2H])[N+](C)(C)C[C@H](CC(=O)O)OC(=O)CCCCCCCCCCC. The number of nitrogens with zero attached hydrogens (tertiary/aromatic N) is 1. The van der Waals surface area contributed by atoms with Crippen molar-refractivity contribution in [3.8, 4) is 0 Å². The van der Waals surface area contributed by atoms with Crippen LogP contribution in [0.25, 0.3) is 0 Å². The number of carbonyl (C=O) groups excluding carboxylic acids is 1. The molecule has 24 heavy (non-hydrogen) atoms. The average molecular weight is 348 g/mol. The second kappa shape index (κ2) is 13.2. The van der Waals surface area contributed by atoms with Gasteiger partial charge >= 0.3 is 11.9 Å². The van der Waals surface area contributed by atoms with Crippen LogP contribution in [-0.2, 0) is 14.3 Å². The molecule has 0 amide bonds. The van der Waals surface area contributed by atoms with E-state index in [1.54, 1.807) is 0 Å². The lowest BCUT2D eigenvalue weighted by molar-refractivity contribution is -0.873. The Kier molecular flexibility index (Phi) is 9.76. The third-order valence-electron chi connectivity index (χ3n) is 3.84. The number of rotatable bonds is 15. The third kappa shape index (κ3) is 15.8. The van der Waals surface area contributed by atoms with E-state index in [9.17, 15) is 9.59 Å². The molecule has 0 aliphatic rings. The number of aliphatic carboxylic acids is 1. The van der Waals surface area contributed by atoms with Crippen molar-refractivity contribution in [1.29, 1.82) is 0 Å². The Morgan fingerprint density at radius 2 is 1.58 bits per heavy atom. The summed E-state index contributed by atoms with van der Waals surface area (Å²) in [5.41, 5.74) is 0. The number of esters is 1. The van der Waals surface area contributed by atoms with Crippen LogP contribution in [0.15, 0.2) is 0 Å². The number of carbonyl (C=O) groups is 2. The van der Waals surface area contributed by atoms with Crippen LogP contribution >= 0.6 is 0 Å². The Morgan fingerprint density at radius 1 is 1.04 bits per heavy atom. The fourth-order valence-electron chi connectivity index (χ4n) is 2.67. The van der Waals surface area contributed by atoms with Gasteiger partial charge in [0, 0.05) is 6.42 Å². The molecular weight excluding hydrogens is 306 g/mol. The fourth-order valence-corrected chi connectivity index (χ4v) is 2.67. The molecule has 142 valence electrons. The number of hydrogen-bond donors (Lipinski definition) is 1. The van der Waals surface area contributed by atoms with E-state index in [0.717, 1.165) is 12.8 Å². The van der Waals surface area contributed by atoms with Crippen molar-refractivity contribution in [3.05, 3.63) is 0 Å². The lowest BCUT2D eigenvalue weighted by Crippen LogP contribution is -2.43. The second-order valence-corrected chi connectivity index (χ2v) is 7.16. The summed E-state index contributed by atoms with van der Waals surface area (Å²) in [6.45, 7) is -0.171. The highest BCUT2D eigenvalue weighted by Crippen LogP contribution is 2.12. The first kappa shape index (κ1) is 17.7. The molecule has 0 aromatic heterocycles. The van der Waals surface area contributed by atoms with Gasteiger partial charge in [0.15, 0.2) is 6.10 Å². The Labute approximate surface area is 152 Å². The van der Waals surface area contributed by atoms with Gasteiger partial charge < -0.3 is 14.3 Å². The van der Waals surface area contributed by atoms with Crippen molar-refractivity contribution in [2.45, 2.75) is 83.7 Å². The van der Waals surface area contributed by atoms with Gasteiger partial charge in [-0.1, -0.05) is 58.3 Å². The first-order valence-corrected chi connectivity index (χ1v) is 9.24. The molecule has 0 aromatic rings. The van der Waals surface area contributed by atoms with Gasteiger partial charge in [0.05, 0.1) is 31.6 Å². The van der Waals surface area contributed by atoms with Crippen LogP contribution in [-0.4, -0.2) is 55.2 Å². The Bertz CT molecular complexity index is 439. The number of unbranched alkanes of at least 4 members (excludes halogenated alkanes) is 8. The lowest BCUT2D eigenvalue weighted by atomic mass is 10.1. The van der Waals surface area contributed by atoms with Crippen LogP contribution in [0.1, 0.15) is 81.7 Å². The topological polar surface area (TPSA) is 63.6 Å². The normalized spacial score (nSPS) is 15.2. The van der Waals surface area contributed by atoms with Crippen molar-refractivity contribution in [3.63, 3.8) is 0 Å². The van der Waals surface area contributed by atoms with Gasteiger partial charge in [0.1, 0.15) is 6.54 Å². The highest BCUT2D eigenvalue weighted by atomic mass is 16.5. The number of ether oxygens (including phenoxy) is 1. The van der Waals surface area contributed by atoms with Gasteiger partial charge in [-0.05, 0) is 6.42 Å². The van der Waals surface area contributed by atoms with E-state index in [1.165, 1.54) is 52.6 Å². The molecule has 0 bridgehead atoms. The Balaban J connectivity index is 4.18. The van der Waals surface area contributed by atoms with Crippen molar-refractivity contribution < 1.29 is 28.0 Å². The Hall–Kier alpha value is -1.10. The maximum atomic E-state index is 12.0. The summed E-state index contributed by atoms with van der Waals surface area (Å²) >= 11 is 0. The van der Waals surface area contributed by atoms with E-state index in [0.29, 0.717) is 6.42 Å². The molecule has 0 spiro atoms. The molecule has 1 atom stereocenters. The first-order chi connectivity index (χ1) is 12.5. The van der Waals surface area contributed by atoms with Gasteiger partial charge in [0.2, 0.25) is 0 Å². The Morgan fingerprint density at radius 3 is 2.08 bits per heavy atom. The molecule has 0 radical (unpaired) electrons. The molecule has 0 saturated heterocycles. The number of likely N-dealkylation sites (N-methyl/N-ethyl adjacent to an activating group) is 1. The standard InChI is InChI=1S/C19H37NO4/c1-5-6-7-8-9-10-11-12-13-14-19(23)24-17(15-18(21)22)16-20(2,3)4/h17H,5-16H2,1-4H3/p+1/t17-/m0/s1/i2D3. The maximum Gasteiger partial charge on any atom is 0.307 e. The molecule has 1 N–H and O–H groups in total. The van der Waals surface area contributed by atoms with Gasteiger partial charge in [0.25, 0.3) is 0 Å². The highest BCUT2D eigenvalue weighted by molar-refractivity contribution is 5.71. The van der Waals surface area contributed by atoms with E-state index in [4.69, 9.17) is 14.0 Å². The van der Waals surface area contributed by atoms with Gasteiger partial charge in [-0.15, -0.1) is 0 Å². The monoisotopic (exact) mass is 347 g/mol. The van der Waals surface area contributed by atoms with Crippen LogP contribution in [0.4, 0.5) is 0 Å². The molecule has 0 aliphatic heterocycles. The summed E-state index contributed by atoms with van der Waals surface area (Å²) in [5.74, 6) is -1.56.